The molecule has 0 bridgehead atoms. The van der Waals surface area contributed by atoms with Crippen LogP contribution in [0.15, 0.2) is 72.8 Å². The van der Waals surface area contributed by atoms with Gasteiger partial charge in [0.05, 0.1) is 36.1 Å². The number of halogens is 2. The fourth-order valence-corrected chi connectivity index (χ4v) is 6.80. The van der Waals surface area contributed by atoms with E-state index in [0.29, 0.717) is 43.4 Å². The quantitative estimate of drug-likeness (QED) is 0.190. The van der Waals surface area contributed by atoms with Crippen molar-refractivity contribution in [2.45, 2.75) is 39.5 Å². The molecule has 0 saturated heterocycles. The van der Waals surface area contributed by atoms with Gasteiger partial charge in [-0.25, -0.2) is 9.18 Å². The molecular formula is C36H31ClFN3O4. The van der Waals surface area contributed by atoms with E-state index in [1.54, 1.807) is 6.07 Å². The first-order valence-electron chi connectivity index (χ1n) is 14.9. The number of carbonyl (C=O) groups is 1. The van der Waals surface area contributed by atoms with Crippen molar-refractivity contribution in [3.8, 4) is 16.9 Å². The molecule has 1 aliphatic rings. The molecule has 45 heavy (non-hydrogen) atoms. The summed E-state index contributed by atoms with van der Waals surface area (Å²) >= 11 is 6.99. The van der Waals surface area contributed by atoms with Gasteiger partial charge in [-0.3, -0.25) is 4.68 Å². The Morgan fingerprint density at radius 1 is 1.02 bits per heavy atom. The number of aromatic carboxylic acids is 1. The van der Waals surface area contributed by atoms with Gasteiger partial charge in [-0.1, -0.05) is 54.1 Å². The zero-order valence-corrected chi connectivity index (χ0v) is 25.7. The molecule has 0 spiro atoms. The van der Waals surface area contributed by atoms with Crippen LogP contribution in [-0.4, -0.2) is 32.0 Å². The van der Waals surface area contributed by atoms with E-state index in [1.165, 1.54) is 12.1 Å². The second kappa shape index (κ2) is 11.7. The number of aryl methyl sites for hydroxylation is 2. The summed E-state index contributed by atoms with van der Waals surface area (Å²) in [6.07, 6.45) is 1.03. The van der Waals surface area contributed by atoms with Crippen molar-refractivity contribution in [2.24, 2.45) is 7.05 Å². The molecule has 6 aromatic rings. The zero-order chi connectivity index (χ0) is 31.2. The van der Waals surface area contributed by atoms with Gasteiger partial charge < -0.3 is 19.1 Å². The van der Waals surface area contributed by atoms with Crippen LogP contribution in [0, 0.1) is 12.7 Å². The Kier molecular flexibility index (Phi) is 7.55. The SMILES string of the molecule is Cc1c2c(nn1C)COCc1ccccc1Cn1c(C(=O)O)c(CCCOc3cccc4cc(F)ccc34)c3ccc(Cl)c-2c31. The van der Waals surface area contributed by atoms with Crippen LogP contribution in [0.3, 0.4) is 0 Å². The van der Waals surface area contributed by atoms with Crippen LogP contribution in [0.2, 0.25) is 5.02 Å². The first-order chi connectivity index (χ1) is 21.8. The Bertz CT molecular complexity index is 2120. The molecule has 0 radical (unpaired) electrons. The van der Waals surface area contributed by atoms with Gasteiger partial charge >= 0.3 is 5.97 Å². The third-order valence-corrected chi connectivity index (χ3v) is 9.03. The number of fused-ring (bicyclic) bond motifs is 4. The highest BCUT2D eigenvalue weighted by Crippen LogP contribution is 2.43. The molecule has 9 heteroatoms. The van der Waals surface area contributed by atoms with Crippen LogP contribution in [0.1, 0.15) is 45.0 Å². The van der Waals surface area contributed by atoms with Crippen molar-refractivity contribution in [1.29, 1.82) is 0 Å². The number of benzene rings is 4. The lowest BCUT2D eigenvalue weighted by Crippen LogP contribution is -2.13. The normalized spacial score (nSPS) is 13.0. The van der Waals surface area contributed by atoms with E-state index in [9.17, 15) is 14.3 Å². The third-order valence-electron chi connectivity index (χ3n) is 8.71. The Hall–Kier alpha value is -4.66. The smallest absolute Gasteiger partial charge is 0.352 e. The second-order valence-corrected chi connectivity index (χ2v) is 11.8. The minimum Gasteiger partial charge on any atom is -0.493 e. The number of hydrogen-bond acceptors (Lipinski definition) is 4. The molecule has 7 nitrogen and oxygen atoms in total. The highest BCUT2D eigenvalue weighted by molar-refractivity contribution is 6.35. The Morgan fingerprint density at radius 2 is 1.82 bits per heavy atom. The van der Waals surface area contributed by atoms with E-state index in [2.05, 4.69) is 0 Å². The van der Waals surface area contributed by atoms with Gasteiger partial charge in [0, 0.05) is 41.2 Å². The first kappa shape index (κ1) is 29.1. The van der Waals surface area contributed by atoms with E-state index in [1.807, 2.05) is 77.8 Å². The molecule has 0 aliphatic carbocycles. The summed E-state index contributed by atoms with van der Waals surface area (Å²) in [5.41, 5.74) is 6.96. The van der Waals surface area contributed by atoms with Crippen molar-refractivity contribution < 1.29 is 23.8 Å². The summed E-state index contributed by atoms with van der Waals surface area (Å²) in [4.78, 5) is 13.1. The van der Waals surface area contributed by atoms with E-state index in [0.717, 1.165) is 60.9 Å². The topological polar surface area (TPSA) is 78.5 Å². The van der Waals surface area contributed by atoms with Gasteiger partial charge in [0.2, 0.25) is 0 Å². The molecule has 1 N–H and O–H groups in total. The number of carboxylic acid groups (broad SMARTS) is 1. The number of ether oxygens (including phenoxy) is 2. The van der Waals surface area contributed by atoms with E-state index >= 15 is 0 Å². The number of aromatic nitrogens is 3. The Balaban J connectivity index is 1.35. The fourth-order valence-electron chi connectivity index (χ4n) is 6.55. The Labute approximate surface area is 264 Å². The van der Waals surface area contributed by atoms with E-state index < -0.39 is 5.97 Å². The summed E-state index contributed by atoms with van der Waals surface area (Å²) in [6.45, 7) is 3.33. The number of nitrogens with zero attached hydrogens (tertiary/aromatic N) is 3. The number of rotatable bonds is 6. The van der Waals surface area contributed by atoms with Gasteiger partial charge in [-0.05, 0) is 72.2 Å². The van der Waals surface area contributed by atoms with Crippen molar-refractivity contribution in [3.63, 3.8) is 0 Å². The van der Waals surface area contributed by atoms with Gasteiger partial charge in [0.1, 0.15) is 17.3 Å². The van der Waals surface area contributed by atoms with Crippen LogP contribution in [-0.2, 0) is 38.0 Å². The van der Waals surface area contributed by atoms with Crippen LogP contribution >= 0.6 is 11.6 Å². The maximum absolute atomic E-state index is 13.8. The summed E-state index contributed by atoms with van der Waals surface area (Å²) in [6, 6.07) is 21.9. The minimum absolute atomic E-state index is 0.229. The summed E-state index contributed by atoms with van der Waals surface area (Å²) in [5.74, 6) is -0.645. The summed E-state index contributed by atoms with van der Waals surface area (Å²) < 4.78 is 29.8. The van der Waals surface area contributed by atoms with Crippen molar-refractivity contribution in [2.75, 3.05) is 6.61 Å². The standard InChI is InChI=1S/C36H31ClFN3O4/c1-21-32-30(39-40(21)2)20-44-19-24-8-4-3-7-23(24)18-41-34-28(14-15-29(37)33(32)34)27(35(41)36(42)43)10-6-16-45-31-11-5-9-22-17-25(38)12-13-26(22)31/h3-5,7-9,11-15,17H,6,10,16,18-20H2,1-2H3,(H,42,43). The van der Waals surface area contributed by atoms with Gasteiger partial charge in [-0.15, -0.1) is 0 Å². The highest BCUT2D eigenvalue weighted by atomic mass is 35.5. The highest BCUT2D eigenvalue weighted by Gasteiger charge is 2.29. The molecule has 7 rings (SSSR count). The molecule has 0 saturated carbocycles. The van der Waals surface area contributed by atoms with Gasteiger partial charge in [-0.2, -0.15) is 5.10 Å². The molecule has 0 amide bonds. The summed E-state index contributed by atoms with van der Waals surface area (Å²) in [5, 5.41) is 18.4. The summed E-state index contributed by atoms with van der Waals surface area (Å²) in [7, 11) is 1.89. The monoisotopic (exact) mass is 623 g/mol. The number of hydrogen-bond donors (Lipinski definition) is 1. The minimum atomic E-state index is -1.01. The van der Waals surface area contributed by atoms with E-state index in [-0.39, 0.29) is 18.1 Å². The molecule has 0 atom stereocenters. The average molecular weight is 624 g/mol. The molecular weight excluding hydrogens is 593 g/mol. The molecule has 1 aliphatic heterocycles. The van der Waals surface area contributed by atoms with Crippen molar-refractivity contribution >= 4 is 39.2 Å². The van der Waals surface area contributed by atoms with Crippen LogP contribution < -0.4 is 4.74 Å². The van der Waals surface area contributed by atoms with Crippen LogP contribution in [0.4, 0.5) is 4.39 Å². The first-order valence-corrected chi connectivity index (χ1v) is 15.2. The maximum Gasteiger partial charge on any atom is 0.352 e. The van der Waals surface area contributed by atoms with Crippen LogP contribution in [0.25, 0.3) is 32.8 Å². The van der Waals surface area contributed by atoms with Crippen LogP contribution in [0.5, 0.6) is 5.75 Å². The number of carboxylic acids is 1. The molecule has 228 valence electrons. The van der Waals surface area contributed by atoms with E-state index in [4.69, 9.17) is 26.2 Å². The maximum atomic E-state index is 13.8. The zero-order valence-electron chi connectivity index (χ0n) is 24.9. The fraction of sp³-hybridized carbons (Fsp3) is 0.222. The van der Waals surface area contributed by atoms with Gasteiger partial charge in [0.25, 0.3) is 0 Å². The lowest BCUT2D eigenvalue weighted by atomic mass is 9.98. The van der Waals surface area contributed by atoms with Crippen molar-refractivity contribution in [3.05, 3.63) is 117 Å². The largest absolute Gasteiger partial charge is 0.493 e. The molecule has 4 aromatic carbocycles. The second-order valence-electron chi connectivity index (χ2n) is 11.4. The predicted octanol–water partition coefficient (Wildman–Crippen LogP) is 8.08. The van der Waals surface area contributed by atoms with Gasteiger partial charge in [0.15, 0.2) is 0 Å². The average Bonchev–Trinajstić information content (AvgIpc) is 3.47. The molecule has 0 fully saturated rings. The molecule has 3 heterocycles. The molecule has 0 unspecified atom stereocenters. The van der Waals surface area contributed by atoms with Crippen molar-refractivity contribution in [1.82, 2.24) is 14.3 Å². The third kappa shape index (κ3) is 5.14. The lowest BCUT2D eigenvalue weighted by Gasteiger charge is -2.15. The predicted molar refractivity (Wildman–Crippen MR) is 173 cm³/mol. The lowest BCUT2D eigenvalue weighted by molar-refractivity contribution is 0.0684. The molecule has 2 aromatic heterocycles. The Morgan fingerprint density at radius 3 is 2.64 bits per heavy atom.